The van der Waals surface area contributed by atoms with E-state index < -0.39 is 82.4 Å². The van der Waals surface area contributed by atoms with Gasteiger partial charge in [0.1, 0.15) is 29.5 Å². The zero-order chi connectivity index (χ0) is 30.0. The lowest BCUT2D eigenvalue weighted by Gasteiger charge is -2.69. The van der Waals surface area contributed by atoms with Gasteiger partial charge in [0.25, 0.3) is 0 Å². The zero-order valence-electron chi connectivity index (χ0n) is 24.8. The fourth-order valence-electron chi connectivity index (χ4n) is 11.8. The molecule has 11 nitrogen and oxygen atoms in total. The molecule has 7 bridgehead atoms. The Bertz CT molecular complexity index is 1240. The molecular formula is C31H43NO10. The number of methoxy groups -OCH3 is 4. The van der Waals surface area contributed by atoms with Crippen molar-refractivity contribution in [2.24, 2.45) is 34.5 Å². The molecule has 1 aromatic carbocycles. The number of carbonyl (C=O) groups excluding carboxylic acids is 1. The van der Waals surface area contributed by atoms with Gasteiger partial charge in [-0.05, 0) is 31.5 Å². The first-order valence-electron chi connectivity index (χ1n) is 14.9. The van der Waals surface area contributed by atoms with Crippen LogP contribution in [-0.4, -0.2) is 134 Å². The van der Waals surface area contributed by atoms with E-state index in [4.69, 9.17) is 23.7 Å². The highest BCUT2D eigenvalue weighted by Crippen LogP contribution is 2.80. The summed E-state index contributed by atoms with van der Waals surface area (Å²) in [5.41, 5.74) is -4.81. The Kier molecular flexibility index (Phi) is 6.52. The van der Waals surface area contributed by atoms with Crippen molar-refractivity contribution in [3.63, 3.8) is 0 Å². The van der Waals surface area contributed by atoms with Crippen LogP contribution >= 0.6 is 0 Å². The van der Waals surface area contributed by atoms with Crippen molar-refractivity contribution in [1.29, 1.82) is 0 Å². The standard InChI is InChI=1S/C31H43NO10/c1-32-13-28(14-38-2)17(33)11-18(39-3)30-16-12-29(36)25(42-27(35)15-9-7-6-8-10-15)19(16)31(37,24(34)26(29)41-5)20(23(30)32)21(40-4)22(28)30/h6-10,16-26,33-34,36-37H,11-14H2,1-5H3/t16?,17-,18+,19?,20-,21?,22?,23?,24+,25?,26+,28+,29+,30+,31-/m1/s1. The molecule has 42 heavy (non-hydrogen) atoms. The van der Waals surface area contributed by atoms with Gasteiger partial charge in [-0.15, -0.1) is 0 Å². The summed E-state index contributed by atoms with van der Waals surface area (Å²) >= 11 is 0. The highest BCUT2D eigenvalue weighted by molar-refractivity contribution is 5.89. The third-order valence-corrected chi connectivity index (χ3v) is 12.6. The molecule has 1 saturated heterocycles. The third-order valence-electron chi connectivity index (χ3n) is 12.6. The number of ether oxygens (including phenoxy) is 5. The summed E-state index contributed by atoms with van der Waals surface area (Å²) in [6.45, 7) is 0.760. The SMILES string of the molecule is COC[C@]12CN(C)C3[C@H]4C(OC)C1[C@]3(C1C[C@]3(O)C(OC(=O)c5ccccc5)C1[C@]4(O)[C@@H](O)[C@@H]3OC)[C@@H](OC)C[C@H]2O. The number of piperidine rings is 1. The van der Waals surface area contributed by atoms with E-state index in [0.717, 1.165) is 0 Å². The second-order valence-electron chi connectivity index (χ2n) is 13.7. The number of nitrogens with zero attached hydrogens (tertiary/aromatic N) is 1. The first kappa shape index (κ1) is 29.1. The lowest BCUT2D eigenvalue weighted by atomic mass is 9.42. The number of aliphatic hydroxyl groups is 4. The second kappa shape index (κ2) is 9.42. The van der Waals surface area contributed by atoms with Crippen LogP contribution < -0.4 is 0 Å². The van der Waals surface area contributed by atoms with Crippen molar-refractivity contribution in [2.75, 3.05) is 48.6 Å². The summed E-state index contributed by atoms with van der Waals surface area (Å²) in [4.78, 5) is 15.7. The maximum Gasteiger partial charge on any atom is 0.338 e. The van der Waals surface area contributed by atoms with Crippen molar-refractivity contribution in [3.8, 4) is 0 Å². The Morgan fingerprint density at radius 3 is 2.33 bits per heavy atom. The summed E-state index contributed by atoms with van der Waals surface area (Å²) in [6.07, 6.45) is -5.28. The molecule has 0 radical (unpaired) electrons. The van der Waals surface area contributed by atoms with Crippen molar-refractivity contribution >= 4 is 5.97 Å². The lowest BCUT2D eigenvalue weighted by Crippen LogP contribution is -2.80. The van der Waals surface area contributed by atoms with E-state index >= 15 is 0 Å². The average Bonchev–Trinajstić information content (AvgIpc) is 3.37. The van der Waals surface area contributed by atoms with Crippen LogP contribution in [-0.2, 0) is 23.7 Å². The number of fused-ring (bicyclic) bond motifs is 2. The van der Waals surface area contributed by atoms with Crippen LogP contribution in [0.25, 0.3) is 0 Å². The molecule has 7 rings (SSSR count). The molecule has 0 aromatic heterocycles. The molecule has 232 valence electrons. The predicted octanol–water partition coefficient (Wildman–Crippen LogP) is -0.313. The summed E-state index contributed by atoms with van der Waals surface area (Å²) in [6, 6.07) is 8.22. The highest BCUT2D eigenvalue weighted by atomic mass is 16.6. The lowest BCUT2D eigenvalue weighted by molar-refractivity contribution is -0.318. The van der Waals surface area contributed by atoms with Gasteiger partial charge in [0.05, 0.1) is 30.5 Å². The van der Waals surface area contributed by atoms with Crippen LogP contribution in [0.15, 0.2) is 30.3 Å². The van der Waals surface area contributed by atoms with E-state index in [1.807, 2.05) is 7.05 Å². The van der Waals surface area contributed by atoms with Crippen molar-refractivity contribution in [2.45, 2.75) is 66.7 Å². The number of carbonyl (C=O) groups is 1. The van der Waals surface area contributed by atoms with E-state index in [-0.39, 0.29) is 25.0 Å². The van der Waals surface area contributed by atoms with Gasteiger partial charge in [-0.2, -0.15) is 0 Å². The Hall–Kier alpha value is -1.67. The molecule has 5 aliphatic carbocycles. The molecule has 1 heterocycles. The van der Waals surface area contributed by atoms with Crippen LogP contribution in [0.3, 0.4) is 0 Å². The largest absolute Gasteiger partial charge is 0.455 e. The van der Waals surface area contributed by atoms with Crippen molar-refractivity contribution < 1.29 is 48.9 Å². The van der Waals surface area contributed by atoms with E-state index in [0.29, 0.717) is 18.5 Å². The van der Waals surface area contributed by atoms with Gasteiger partial charge in [-0.1, -0.05) is 18.2 Å². The molecular weight excluding hydrogens is 546 g/mol. The minimum atomic E-state index is -1.86. The number of hydrogen-bond acceptors (Lipinski definition) is 11. The van der Waals surface area contributed by atoms with Crippen LogP contribution in [0.2, 0.25) is 0 Å². The minimum Gasteiger partial charge on any atom is -0.455 e. The number of aliphatic hydroxyl groups excluding tert-OH is 2. The van der Waals surface area contributed by atoms with Gasteiger partial charge in [-0.25, -0.2) is 4.79 Å². The van der Waals surface area contributed by atoms with Gasteiger partial charge in [-0.3, -0.25) is 0 Å². The summed E-state index contributed by atoms with van der Waals surface area (Å²) < 4.78 is 30.3. The quantitative estimate of drug-likeness (QED) is 0.311. The van der Waals surface area contributed by atoms with E-state index in [9.17, 15) is 25.2 Å². The Labute approximate surface area is 245 Å². The monoisotopic (exact) mass is 589 g/mol. The van der Waals surface area contributed by atoms with Crippen LogP contribution in [0.1, 0.15) is 23.2 Å². The smallest absolute Gasteiger partial charge is 0.338 e. The maximum atomic E-state index is 13.5. The molecule has 1 aromatic rings. The number of esters is 1. The molecule has 1 aliphatic heterocycles. The van der Waals surface area contributed by atoms with Crippen molar-refractivity contribution in [1.82, 2.24) is 4.90 Å². The average molecular weight is 590 g/mol. The van der Waals surface area contributed by atoms with Crippen LogP contribution in [0.4, 0.5) is 0 Å². The summed E-state index contributed by atoms with van der Waals surface area (Å²) in [5.74, 6) is -2.96. The zero-order valence-corrected chi connectivity index (χ0v) is 24.8. The first-order valence-corrected chi connectivity index (χ1v) is 14.9. The van der Waals surface area contributed by atoms with E-state index in [1.165, 1.54) is 7.11 Å². The topological polar surface area (TPSA) is 147 Å². The molecule has 1 spiro atoms. The van der Waals surface area contributed by atoms with Gasteiger partial charge < -0.3 is 49.0 Å². The van der Waals surface area contributed by atoms with Crippen LogP contribution in [0.5, 0.6) is 0 Å². The molecule has 6 unspecified atom stereocenters. The number of rotatable bonds is 7. The highest BCUT2D eigenvalue weighted by Gasteiger charge is 2.91. The minimum absolute atomic E-state index is 0.102. The Balaban J connectivity index is 1.47. The molecule has 5 saturated carbocycles. The normalized spacial score (nSPS) is 53.7. The van der Waals surface area contributed by atoms with Gasteiger partial charge in [0.15, 0.2) is 0 Å². The van der Waals surface area contributed by atoms with Gasteiger partial charge >= 0.3 is 5.97 Å². The fourth-order valence-corrected chi connectivity index (χ4v) is 11.8. The van der Waals surface area contributed by atoms with Crippen LogP contribution in [0, 0.1) is 34.5 Å². The second-order valence-corrected chi connectivity index (χ2v) is 13.7. The predicted molar refractivity (Wildman–Crippen MR) is 146 cm³/mol. The summed E-state index contributed by atoms with van der Waals surface area (Å²) in [7, 11) is 8.22. The molecule has 6 fully saturated rings. The molecule has 0 amide bonds. The van der Waals surface area contributed by atoms with Gasteiger partial charge in [0.2, 0.25) is 0 Å². The van der Waals surface area contributed by atoms with Crippen molar-refractivity contribution in [3.05, 3.63) is 35.9 Å². The Morgan fingerprint density at radius 2 is 1.71 bits per heavy atom. The van der Waals surface area contributed by atoms with Gasteiger partial charge in [0, 0.05) is 76.0 Å². The number of hydrogen-bond donors (Lipinski definition) is 4. The first-order chi connectivity index (χ1) is 20.0. The molecule has 15 atom stereocenters. The molecule has 4 N–H and O–H groups in total. The number of likely N-dealkylation sites (tertiary alicyclic amines) is 1. The number of benzene rings is 1. The Morgan fingerprint density at radius 1 is 1.00 bits per heavy atom. The third kappa shape index (κ3) is 3.05. The van der Waals surface area contributed by atoms with E-state index in [1.54, 1.807) is 51.7 Å². The maximum absolute atomic E-state index is 13.5. The molecule has 6 aliphatic rings. The molecule has 11 heteroatoms. The summed E-state index contributed by atoms with van der Waals surface area (Å²) in [5, 5.41) is 49.4. The van der Waals surface area contributed by atoms with E-state index in [2.05, 4.69) is 4.90 Å². The fraction of sp³-hybridized carbons (Fsp3) is 0.774.